The summed E-state index contributed by atoms with van der Waals surface area (Å²) < 4.78 is 0. The molecule has 2 N–H and O–H groups in total. The molecule has 0 saturated heterocycles. The van der Waals surface area contributed by atoms with E-state index in [1.807, 2.05) is 6.07 Å². The number of hydrogen-bond acceptors (Lipinski definition) is 4. The molecule has 0 radical (unpaired) electrons. The molecule has 0 bridgehead atoms. The molecule has 0 aromatic carbocycles. The molecule has 0 spiro atoms. The van der Waals surface area contributed by atoms with Gasteiger partial charge in [-0.2, -0.15) is 5.26 Å². The van der Waals surface area contributed by atoms with Crippen molar-refractivity contribution in [1.29, 1.82) is 5.26 Å². The van der Waals surface area contributed by atoms with Crippen molar-refractivity contribution in [2.75, 3.05) is 5.32 Å². The Hall–Kier alpha value is -1.60. The maximum absolute atomic E-state index is 10.2. The van der Waals surface area contributed by atoms with Gasteiger partial charge in [0.05, 0.1) is 17.7 Å². The van der Waals surface area contributed by atoms with Crippen LogP contribution in [0.25, 0.3) is 0 Å². The van der Waals surface area contributed by atoms with Crippen molar-refractivity contribution >= 4 is 5.82 Å². The molecule has 0 amide bonds. The number of aliphatic hydroxyl groups is 1. The second kappa shape index (κ2) is 5.80. The molecule has 4 nitrogen and oxygen atoms in total. The molecular formula is C16H21N3O. The molecule has 4 heteroatoms. The van der Waals surface area contributed by atoms with Crippen molar-refractivity contribution in [3.63, 3.8) is 0 Å². The summed E-state index contributed by atoms with van der Waals surface area (Å²) >= 11 is 0. The Morgan fingerprint density at radius 1 is 1.20 bits per heavy atom. The molecule has 2 aliphatic carbocycles. The Balaban J connectivity index is 1.84. The normalized spacial score (nSPS) is 25.6. The predicted octanol–water partition coefficient (Wildman–Crippen LogP) is 2.55. The maximum atomic E-state index is 10.2. The van der Waals surface area contributed by atoms with Gasteiger partial charge in [-0.05, 0) is 43.7 Å². The van der Waals surface area contributed by atoms with Gasteiger partial charge in [-0.3, -0.25) is 0 Å². The van der Waals surface area contributed by atoms with Crippen molar-refractivity contribution in [3.8, 4) is 6.07 Å². The number of nitrogens with zero attached hydrogens (tertiary/aromatic N) is 2. The zero-order valence-electron chi connectivity index (χ0n) is 11.7. The van der Waals surface area contributed by atoms with Crippen LogP contribution < -0.4 is 5.32 Å². The minimum atomic E-state index is -0.334. The number of aromatic nitrogens is 1. The molecule has 2 unspecified atom stereocenters. The molecule has 0 aliphatic heterocycles. The Morgan fingerprint density at radius 2 is 2.05 bits per heavy atom. The van der Waals surface area contributed by atoms with Crippen molar-refractivity contribution in [2.45, 2.75) is 63.5 Å². The van der Waals surface area contributed by atoms with Crippen LogP contribution >= 0.6 is 0 Å². The van der Waals surface area contributed by atoms with Gasteiger partial charge in [0.2, 0.25) is 0 Å². The summed E-state index contributed by atoms with van der Waals surface area (Å²) in [7, 11) is 0. The summed E-state index contributed by atoms with van der Waals surface area (Å²) in [5.74, 6) is 0.666. The van der Waals surface area contributed by atoms with E-state index < -0.39 is 0 Å². The molecule has 1 aromatic heterocycles. The zero-order chi connectivity index (χ0) is 13.9. The number of nitrogens with one attached hydrogen (secondary N) is 1. The van der Waals surface area contributed by atoms with Gasteiger partial charge < -0.3 is 10.4 Å². The lowest BCUT2D eigenvalue weighted by Crippen LogP contribution is -2.33. The van der Waals surface area contributed by atoms with E-state index in [2.05, 4.69) is 16.4 Å². The average molecular weight is 271 g/mol. The zero-order valence-corrected chi connectivity index (χ0v) is 11.7. The van der Waals surface area contributed by atoms with Crippen LogP contribution in [-0.2, 0) is 12.8 Å². The Morgan fingerprint density at radius 3 is 2.90 bits per heavy atom. The second-order valence-electron chi connectivity index (χ2n) is 5.91. The fourth-order valence-electron chi connectivity index (χ4n) is 3.30. The van der Waals surface area contributed by atoms with Crippen LogP contribution in [0, 0.1) is 11.3 Å². The first-order chi connectivity index (χ1) is 9.78. The predicted molar refractivity (Wildman–Crippen MR) is 77.5 cm³/mol. The minimum Gasteiger partial charge on any atom is -0.391 e. The van der Waals surface area contributed by atoms with E-state index in [1.54, 1.807) is 0 Å². The van der Waals surface area contributed by atoms with Gasteiger partial charge in [0.1, 0.15) is 11.9 Å². The SMILES string of the molecule is N#Cc1cc2c(nc1NC1CCCCCC1O)CCC2. The van der Waals surface area contributed by atoms with Gasteiger partial charge in [-0.1, -0.05) is 19.3 Å². The molecule has 2 atom stereocenters. The molecule has 3 rings (SSSR count). The first-order valence-electron chi connectivity index (χ1n) is 7.65. The van der Waals surface area contributed by atoms with E-state index in [0.29, 0.717) is 11.4 Å². The number of aliphatic hydroxyl groups excluding tert-OH is 1. The van der Waals surface area contributed by atoms with Crippen molar-refractivity contribution in [2.24, 2.45) is 0 Å². The van der Waals surface area contributed by atoms with Gasteiger partial charge in [0.15, 0.2) is 0 Å². The standard InChI is InChI=1S/C16H21N3O/c17-10-12-9-11-5-4-7-13(11)18-16(12)19-14-6-2-1-3-8-15(14)20/h9,14-15,20H,1-8H2,(H,18,19). The highest BCUT2D eigenvalue weighted by Crippen LogP contribution is 2.27. The number of fused-ring (bicyclic) bond motifs is 1. The monoisotopic (exact) mass is 271 g/mol. The lowest BCUT2D eigenvalue weighted by Gasteiger charge is -2.23. The third kappa shape index (κ3) is 2.64. The Kier molecular flexibility index (Phi) is 3.88. The summed E-state index contributed by atoms with van der Waals surface area (Å²) in [5.41, 5.74) is 2.95. The molecule has 1 aromatic rings. The van der Waals surface area contributed by atoms with Gasteiger partial charge in [-0.25, -0.2) is 4.98 Å². The first-order valence-corrected chi connectivity index (χ1v) is 7.65. The van der Waals surface area contributed by atoms with E-state index in [1.165, 1.54) is 12.0 Å². The highest BCUT2D eigenvalue weighted by molar-refractivity contribution is 5.55. The Bertz CT molecular complexity index is 535. The first kappa shape index (κ1) is 13.4. The van der Waals surface area contributed by atoms with Crippen LogP contribution in [0.1, 0.15) is 55.3 Å². The highest BCUT2D eigenvalue weighted by Gasteiger charge is 2.24. The fraction of sp³-hybridized carbons (Fsp3) is 0.625. The fourth-order valence-corrected chi connectivity index (χ4v) is 3.30. The van der Waals surface area contributed by atoms with Crippen LogP contribution in [-0.4, -0.2) is 22.2 Å². The molecule has 1 heterocycles. The van der Waals surface area contributed by atoms with E-state index in [9.17, 15) is 10.4 Å². The number of anilines is 1. The van der Waals surface area contributed by atoms with Crippen LogP contribution in [0.3, 0.4) is 0 Å². The van der Waals surface area contributed by atoms with E-state index in [-0.39, 0.29) is 12.1 Å². The van der Waals surface area contributed by atoms with Crippen LogP contribution in [0.15, 0.2) is 6.07 Å². The molecule has 1 fully saturated rings. The van der Waals surface area contributed by atoms with Crippen molar-refractivity contribution < 1.29 is 5.11 Å². The van der Waals surface area contributed by atoms with Gasteiger partial charge in [0, 0.05) is 5.69 Å². The smallest absolute Gasteiger partial charge is 0.144 e. The third-order valence-corrected chi connectivity index (χ3v) is 4.47. The van der Waals surface area contributed by atoms with E-state index in [4.69, 9.17) is 0 Å². The maximum Gasteiger partial charge on any atom is 0.144 e. The summed E-state index contributed by atoms with van der Waals surface area (Å²) in [4.78, 5) is 4.64. The minimum absolute atomic E-state index is 0.0246. The van der Waals surface area contributed by atoms with Gasteiger partial charge in [-0.15, -0.1) is 0 Å². The number of rotatable bonds is 2. The topological polar surface area (TPSA) is 68.9 Å². The molecular weight excluding hydrogens is 250 g/mol. The number of pyridine rings is 1. The van der Waals surface area contributed by atoms with Crippen LogP contribution in [0.5, 0.6) is 0 Å². The quantitative estimate of drug-likeness (QED) is 0.811. The lowest BCUT2D eigenvalue weighted by molar-refractivity contribution is 0.144. The second-order valence-corrected chi connectivity index (χ2v) is 5.91. The van der Waals surface area contributed by atoms with Gasteiger partial charge in [0.25, 0.3) is 0 Å². The summed E-state index contributed by atoms with van der Waals surface area (Å²) in [6.45, 7) is 0. The highest BCUT2D eigenvalue weighted by atomic mass is 16.3. The summed E-state index contributed by atoms with van der Waals surface area (Å²) in [6.07, 6.45) is 8.00. The molecule has 20 heavy (non-hydrogen) atoms. The number of nitriles is 1. The number of aryl methyl sites for hydroxylation is 2. The van der Waals surface area contributed by atoms with E-state index >= 15 is 0 Å². The van der Waals surface area contributed by atoms with Crippen LogP contribution in [0.4, 0.5) is 5.82 Å². The third-order valence-electron chi connectivity index (χ3n) is 4.47. The lowest BCUT2D eigenvalue weighted by atomic mass is 10.1. The number of hydrogen-bond donors (Lipinski definition) is 2. The molecule has 1 saturated carbocycles. The van der Waals surface area contributed by atoms with Crippen molar-refractivity contribution in [1.82, 2.24) is 4.98 Å². The molecule has 106 valence electrons. The average Bonchev–Trinajstić information content (AvgIpc) is 2.82. The van der Waals surface area contributed by atoms with Crippen LogP contribution in [0.2, 0.25) is 0 Å². The largest absolute Gasteiger partial charge is 0.391 e. The molecule has 2 aliphatic rings. The summed E-state index contributed by atoms with van der Waals surface area (Å²) in [6, 6.07) is 4.24. The van der Waals surface area contributed by atoms with Gasteiger partial charge >= 0.3 is 0 Å². The van der Waals surface area contributed by atoms with Crippen molar-refractivity contribution in [3.05, 3.63) is 22.9 Å². The summed E-state index contributed by atoms with van der Waals surface area (Å²) in [5, 5.41) is 22.8. The Labute approximate surface area is 119 Å². The van der Waals surface area contributed by atoms with E-state index in [0.717, 1.165) is 50.6 Å².